The monoisotopic (exact) mass is 225 g/mol. The largest absolute Gasteiger partial charge is 0.435 e. The van der Waals surface area contributed by atoms with E-state index in [2.05, 4.69) is 11.2 Å². The van der Waals surface area contributed by atoms with E-state index in [-0.39, 0.29) is 0 Å². The van der Waals surface area contributed by atoms with Crippen molar-refractivity contribution in [3.63, 3.8) is 0 Å². The molecule has 1 aromatic carbocycles. The molecule has 3 heteroatoms. The van der Waals surface area contributed by atoms with Gasteiger partial charge in [0.2, 0.25) is 0 Å². The van der Waals surface area contributed by atoms with Gasteiger partial charge in [0.15, 0.2) is 0 Å². The van der Waals surface area contributed by atoms with E-state index in [0.717, 1.165) is 31.2 Å². The second-order valence-corrected chi connectivity index (χ2v) is 4.06. The zero-order chi connectivity index (χ0) is 11.4. The minimum absolute atomic E-state index is 0.337. The highest BCUT2D eigenvalue weighted by atomic mass is 19.3. The fraction of sp³-hybridized carbons (Fsp3) is 0.462. The van der Waals surface area contributed by atoms with E-state index in [9.17, 15) is 8.78 Å². The summed E-state index contributed by atoms with van der Waals surface area (Å²) in [6, 6.07) is 7.13. The van der Waals surface area contributed by atoms with Crippen molar-refractivity contribution in [1.82, 2.24) is 0 Å². The van der Waals surface area contributed by atoms with Crippen molar-refractivity contribution in [3.05, 3.63) is 36.2 Å². The molecule has 0 spiro atoms. The molecule has 16 heavy (non-hydrogen) atoms. The summed E-state index contributed by atoms with van der Waals surface area (Å²) in [5.41, 5.74) is 0.927. The van der Waals surface area contributed by atoms with E-state index in [1.54, 1.807) is 12.1 Å². The van der Waals surface area contributed by atoms with Crippen LogP contribution in [0.1, 0.15) is 37.2 Å². The van der Waals surface area contributed by atoms with Crippen molar-refractivity contribution in [1.29, 1.82) is 0 Å². The Kier molecular flexibility index (Phi) is 3.75. The Morgan fingerprint density at radius 1 is 1.12 bits per heavy atom. The summed E-state index contributed by atoms with van der Waals surface area (Å²) in [5.74, 6) is 0.698. The molecule has 0 aromatic heterocycles. The molecule has 0 N–H and O–H groups in total. The standard InChI is InChI=1S/C13H15F2O/c14-13(15)16-12-9-5-4-8-11(12)10-6-2-1-3-7-10/h1,4-5,8-10,13H,2-3,6-7H2. The molecule has 0 bridgehead atoms. The van der Waals surface area contributed by atoms with E-state index in [0.29, 0.717) is 11.7 Å². The number of rotatable bonds is 3. The van der Waals surface area contributed by atoms with E-state index in [1.165, 1.54) is 0 Å². The summed E-state index contributed by atoms with van der Waals surface area (Å²) >= 11 is 0. The summed E-state index contributed by atoms with van der Waals surface area (Å²) in [6.45, 7) is -2.74. The number of benzene rings is 1. The highest BCUT2D eigenvalue weighted by Crippen LogP contribution is 2.37. The van der Waals surface area contributed by atoms with Gasteiger partial charge < -0.3 is 4.74 Å². The van der Waals surface area contributed by atoms with E-state index >= 15 is 0 Å². The van der Waals surface area contributed by atoms with Crippen LogP contribution in [-0.4, -0.2) is 6.61 Å². The SMILES string of the molecule is FC(F)Oc1ccccc1C1CC[CH]CC1. The molecule has 1 aliphatic carbocycles. The zero-order valence-corrected chi connectivity index (χ0v) is 9.03. The van der Waals surface area contributed by atoms with E-state index in [1.807, 2.05) is 12.1 Å². The minimum atomic E-state index is -2.74. The van der Waals surface area contributed by atoms with E-state index in [4.69, 9.17) is 0 Å². The van der Waals surface area contributed by atoms with Crippen LogP contribution >= 0.6 is 0 Å². The third-order valence-corrected chi connectivity index (χ3v) is 3.01. The van der Waals surface area contributed by atoms with Crippen molar-refractivity contribution in [2.75, 3.05) is 0 Å². The first-order chi connectivity index (χ1) is 7.77. The minimum Gasteiger partial charge on any atom is -0.435 e. The van der Waals surface area contributed by atoms with Crippen LogP contribution in [0.5, 0.6) is 5.75 Å². The van der Waals surface area contributed by atoms with Crippen LogP contribution in [0.15, 0.2) is 24.3 Å². The number of hydrogen-bond donors (Lipinski definition) is 0. The molecule has 1 fully saturated rings. The highest BCUT2D eigenvalue weighted by molar-refractivity contribution is 5.36. The summed E-state index contributed by atoms with van der Waals surface area (Å²) in [4.78, 5) is 0. The Hall–Kier alpha value is -1.12. The van der Waals surface area contributed by atoms with Gasteiger partial charge in [-0.05, 0) is 49.7 Å². The fourth-order valence-corrected chi connectivity index (χ4v) is 2.26. The number of halogens is 2. The van der Waals surface area contributed by atoms with Gasteiger partial charge in [0, 0.05) is 0 Å². The van der Waals surface area contributed by atoms with Crippen molar-refractivity contribution < 1.29 is 13.5 Å². The van der Waals surface area contributed by atoms with Crippen molar-refractivity contribution in [3.8, 4) is 5.75 Å². The molecular weight excluding hydrogens is 210 g/mol. The van der Waals surface area contributed by atoms with Gasteiger partial charge in [0.25, 0.3) is 0 Å². The van der Waals surface area contributed by atoms with Crippen LogP contribution < -0.4 is 4.74 Å². The lowest BCUT2D eigenvalue weighted by atomic mass is 9.84. The molecule has 0 atom stereocenters. The normalized spacial score (nSPS) is 17.7. The van der Waals surface area contributed by atoms with Crippen molar-refractivity contribution in [2.24, 2.45) is 0 Å². The van der Waals surface area contributed by atoms with Crippen molar-refractivity contribution >= 4 is 0 Å². The smallest absolute Gasteiger partial charge is 0.387 e. The fourth-order valence-electron chi connectivity index (χ4n) is 2.26. The lowest BCUT2D eigenvalue weighted by Gasteiger charge is -2.23. The second-order valence-electron chi connectivity index (χ2n) is 4.06. The maximum Gasteiger partial charge on any atom is 0.387 e. The summed E-state index contributed by atoms with van der Waals surface area (Å²) < 4.78 is 29.0. The van der Waals surface area contributed by atoms with Crippen LogP contribution in [0.3, 0.4) is 0 Å². The number of hydrogen-bond acceptors (Lipinski definition) is 1. The number of ether oxygens (including phenoxy) is 1. The first-order valence-electron chi connectivity index (χ1n) is 5.63. The number of alkyl halides is 2. The van der Waals surface area contributed by atoms with Gasteiger partial charge in [-0.25, -0.2) is 0 Å². The highest BCUT2D eigenvalue weighted by Gasteiger charge is 2.20. The van der Waals surface area contributed by atoms with Gasteiger partial charge in [-0.3, -0.25) is 0 Å². The molecule has 2 rings (SSSR count). The number of para-hydroxylation sites is 1. The topological polar surface area (TPSA) is 9.23 Å². The molecule has 1 nitrogen and oxygen atoms in total. The first kappa shape index (κ1) is 11.4. The Morgan fingerprint density at radius 3 is 2.50 bits per heavy atom. The van der Waals surface area contributed by atoms with Gasteiger partial charge in [-0.2, -0.15) is 8.78 Å². The van der Waals surface area contributed by atoms with Gasteiger partial charge in [-0.1, -0.05) is 18.2 Å². The third kappa shape index (κ3) is 2.71. The predicted octanol–water partition coefficient (Wildman–Crippen LogP) is 4.15. The summed E-state index contributed by atoms with van der Waals surface area (Å²) in [6.07, 6.45) is 6.45. The maximum absolute atomic E-state index is 12.2. The summed E-state index contributed by atoms with van der Waals surface area (Å²) in [5, 5.41) is 0. The lowest BCUT2D eigenvalue weighted by molar-refractivity contribution is -0.0507. The van der Waals surface area contributed by atoms with Gasteiger partial charge in [-0.15, -0.1) is 0 Å². The van der Waals surface area contributed by atoms with Gasteiger partial charge in [0.05, 0.1) is 0 Å². The van der Waals surface area contributed by atoms with Crippen molar-refractivity contribution in [2.45, 2.75) is 38.2 Å². The lowest BCUT2D eigenvalue weighted by Crippen LogP contribution is -2.09. The molecular formula is C13H15F2O. The molecule has 1 radical (unpaired) electrons. The Labute approximate surface area is 94.4 Å². The Balaban J connectivity index is 2.17. The molecule has 87 valence electrons. The predicted molar refractivity (Wildman–Crippen MR) is 58.6 cm³/mol. The van der Waals surface area contributed by atoms with Crippen LogP contribution in [0.25, 0.3) is 0 Å². The molecule has 0 aliphatic heterocycles. The average molecular weight is 225 g/mol. The molecule has 1 aliphatic rings. The molecule has 0 amide bonds. The van der Waals surface area contributed by atoms with Gasteiger partial charge >= 0.3 is 6.61 Å². The molecule has 1 saturated carbocycles. The average Bonchev–Trinajstić information content (AvgIpc) is 2.30. The van der Waals surface area contributed by atoms with Crippen LogP contribution in [0.4, 0.5) is 8.78 Å². The molecule has 0 saturated heterocycles. The van der Waals surface area contributed by atoms with Crippen LogP contribution in [-0.2, 0) is 0 Å². The second kappa shape index (κ2) is 5.28. The first-order valence-corrected chi connectivity index (χ1v) is 5.63. The van der Waals surface area contributed by atoms with E-state index < -0.39 is 6.61 Å². The Morgan fingerprint density at radius 2 is 1.81 bits per heavy atom. The molecule has 0 unspecified atom stereocenters. The Bertz CT molecular complexity index is 332. The quantitative estimate of drug-likeness (QED) is 0.750. The maximum atomic E-state index is 12.2. The van der Waals surface area contributed by atoms with Crippen LogP contribution in [0.2, 0.25) is 0 Å². The van der Waals surface area contributed by atoms with Crippen LogP contribution in [0, 0.1) is 6.42 Å². The third-order valence-electron chi connectivity index (χ3n) is 3.01. The van der Waals surface area contributed by atoms with Gasteiger partial charge in [0.1, 0.15) is 5.75 Å². The molecule has 0 heterocycles. The zero-order valence-electron chi connectivity index (χ0n) is 9.03. The molecule has 1 aromatic rings. The summed E-state index contributed by atoms with van der Waals surface area (Å²) in [7, 11) is 0.